The van der Waals surface area contributed by atoms with Gasteiger partial charge >= 0.3 is 5.97 Å². The molecular weight excluding hydrogens is 206 g/mol. The third-order valence-corrected chi connectivity index (χ3v) is 2.00. The van der Waals surface area contributed by atoms with Crippen LogP contribution < -0.4 is 4.74 Å². The van der Waals surface area contributed by atoms with E-state index in [0.717, 1.165) is 0 Å². The maximum absolute atomic E-state index is 10.9. The summed E-state index contributed by atoms with van der Waals surface area (Å²) in [4.78, 5) is 14.8. The van der Waals surface area contributed by atoms with Crippen LogP contribution in [0.15, 0.2) is 48.8 Å². The molecule has 2 rings (SSSR count). The summed E-state index contributed by atoms with van der Waals surface area (Å²) in [5.41, 5.74) is 0.138. The lowest BCUT2D eigenvalue weighted by Gasteiger charge is -2.07. The summed E-state index contributed by atoms with van der Waals surface area (Å²) in [5, 5.41) is 8.95. The van der Waals surface area contributed by atoms with Crippen LogP contribution in [0.5, 0.6) is 11.5 Å². The van der Waals surface area contributed by atoms with Gasteiger partial charge < -0.3 is 9.84 Å². The summed E-state index contributed by atoms with van der Waals surface area (Å²) < 4.78 is 5.45. The van der Waals surface area contributed by atoms with Crippen molar-refractivity contribution in [2.24, 2.45) is 0 Å². The van der Waals surface area contributed by atoms with Gasteiger partial charge in [0.05, 0.1) is 0 Å². The first kappa shape index (κ1) is 10.2. The highest BCUT2D eigenvalue weighted by Gasteiger charge is 2.10. The van der Waals surface area contributed by atoms with Crippen molar-refractivity contribution in [3.05, 3.63) is 54.4 Å². The molecule has 2 aromatic rings. The van der Waals surface area contributed by atoms with E-state index < -0.39 is 5.97 Å². The number of carboxylic acid groups (broad SMARTS) is 1. The van der Waals surface area contributed by atoms with Crippen molar-refractivity contribution in [3.8, 4) is 11.5 Å². The molecule has 0 aliphatic carbocycles. The topological polar surface area (TPSA) is 59.4 Å². The van der Waals surface area contributed by atoms with Crippen molar-refractivity contribution in [1.29, 1.82) is 0 Å². The SMILES string of the molecule is O=C(O)c1ccccc1Oc1ccncc1. The molecule has 0 bridgehead atoms. The fraction of sp³-hybridized carbons (Fsp3) is 0. The van der Waals surface area contributed by atoms with Crippen LogP contribution in [0.25, 0.3) is 0 Å². The number of nitrogens with zero attached hydrogens (tertiary/aromatic N) is 1. The molecule has 0 spiro atoms. The van der Waals surface area contributed by atoms with E-state index in [1.807, 2.05) is 0 Å². The molecule has 0 fully saturated rings. The second kappa shape index (κ2) is 4.44. The number of hydrogen-bond acceptors (Lipinski definition) is 3. The van der Waals surface area contributed by atoms with E-state index in [9.17, 15) is 4.79 Å². The van der Waals surface area contributed by atoms with Crippen molar-refractivity contribution in [3.63, 3.8) is 0 Å². The zero-order chi connectivity index (χ0) is 11.4. The Bertz CT molecular complexity index is 497. The van der Waals surface area contributed by atoms with E-state index in [2.05, 4.69) is 4.98 Å². The van der Waals surface area contributed by atoms with E-state index in [4.69, 9.17) is 9.84 Å². The van der Waals surface area contributed by atoms with Crippen molar-refractivity contribution in [2.75, 3.05) is 0 Å². The second-order valence-electron chi connectivity index (χ2n) is 3.09. The maximum atomic E-state index is 10.9. The minimum absolute atomic E-state index is 0.138. The summed E-state index contributed by atoms with van der Waals surface area (Å²) in [6.45, 7) is 0. The van der Waals surface area contributed by atoms with Crippen LogP contribution in [0.3, 0.4) is 0 Å². The van der Waals surface area contributed by atoms with Crippen molar-refractivity contribution in [2.45, 2.75) is 0 Å². The van der Waals surface area contributed by atoms with Gasteiger partial charge in [0.1, 0.15) is 17.1 Å². The van der Waals surface area contributed by atoms with Gasteiger partial charge in [-0.05, 0) is 24.3 Å². The molecule has 4 heteroatoms. The zero-order valence-corrected chi connectivity index (χ0v) is 8.33. The van der Waals surface area contributed by atoms with Crippen LogP contribution in [-0.2, 0) is 0 Å². The largest absolute Gasteiger partial charge is 0.478 e. The van der Waals surface area contributed by atoms with E-state index in [-0.39, 0.29) is 5.56 Å². The Kier molecular flexibility index (Phi) is 2.82. The number of pyridine rings is 1. The normalized spacial score (nSPS) is 9.75. The summed E-state index contributed by atoms with van der Waals surface area (Å²) >= 11 is 0. The molecule has 0 unspecified atom stereocenters. The standard InChI is InChI=1S/C12H9NO3/c14-12(15)10-3-1-2-4-11(10)16-9-5-7-13-8-6-9/h1-8H,(H,14,15). The number of rotatable bonds is 3. The third kappa shape index (κ3) is 2.17. The number of carboxylic acids is 1. The van der Waals surface area contributed by atoms with Gasteiger partial charge in [0, 0.05) is 12.4 Å². The molecule has 0 atom stereocenters. The fourth-order valence-electron chi connectivity index (χ4n) is 1.27. The predicted molar refractivity (Wildman–Crippen MR) is 57.7 cm³/mol. The van der Waals surface area contributed by atoms with Crippen LogP contribution in [0.4, 0.5) is 0 Å². The maximum Gasteiger partial charge on any atom is 0.339 e. The minimum Gasteiger partial charge on any atom is -0.478 e. The van der Waals surface area contributed by atoms with Crippen LogP contribution in [0, 0.1) is 0 Å². The number of benzene rings is 1. The zero-order valence-electron chi connectivity index (χ0n) is 8.33. The monoisotopic (exact) mass is 215 g/mol. The molecule has 1 heterocycles. The average molecular weight is 215 g/mol. The molecule has 1 N–H and O–H groups in total. The number of para-hydroxylation sites is 1. The Hall–Kier alpha value is -2.36. The quantitative estimate of drug-likeness (QED) is 0.854. The van der Waals surface area contributed by atoms with Gasteiger partial charge in [0.25, 0.3) is 0 Å². The first-order valence-corrected chi connectivity index (χ1v) is 4.67. The number of aromatic nitrogens is 1. The molecular formula is C12H9NO3. The summed E-state index contributed by atoms with van der Waals surface area (Å²) in [6, 6.07) is 9.83. The van der Waals surface area contributed by atoms with Gasteiger partial charge in [-0.3, -0.25) is 4.98 Å². The Labute approximate surface area is 92.1 Å². The highest BCUT2D eigenvalue weighted by Crippen LogP contribution is 2.24. The third-order valence-electron chi connectivity index (χ3n) is 2.00. The molecule has 1 aromatic heterocycles. The molecule has 0 aliphatic rings. The molecule has 4 nitrogen and oxygen atoms in total. The summed E-state index contributed by atoms with van der Waals surface area (Å²) in [5.74, 6) is -0.130. The summed E-state index contributed by atoms with van der Waals surface area (Å²) in [7, 11) is 0. The number of hydrogen-bond donors (Lipinski definition) is 1. The second-order valence-corrected chi connectivity index (χ2v) is 3.09. The van der Waals surface area contributed by atoms with Gasteiger partial charge in [0.2, 0.25) is 0 Å². The lowest BCUT2D eigenvalue weighted by Crippen LogP contribution is -1.99. The molecule has 0 saturated carbocycles. The van der Waals surface area contributed by atoms with Gasteiger partial charge in [-0.2, -0.15) is 0 Å². The predicted octanol–water partition coefficient (Wildman–Crippen LogP) is 2.57. The van der Waals surface area contributed by atoms with Gasteiger partial charge in [-0.25, -0.2) is 4.79 Å². The smallest absolute Gasteiger partial charge is 0.339 e. The van der Waals surface area contributed by atoms with Crippen LogP contribution >= 0.6 is 0 Å². The van der Waals surface area contributed by atoms with Crippen molar-refractivity contribution in [1.82, 2.24) is 4.98 Å². The Morgan fingerprint density at radius 3 is 2.50 bits per heavy atom. The highest BCUT2D eigenvalue weighted by molar-refractivity contribution is 5.90. The van der Waals surface area contributed by atoms with E-state index in [1.165, 1.54) is 6.07 Å². The van der Waals surface area contributed by atoms with Gasteiger partial charge in [-0.1, -0.05) is 12.1 Å². The van der Waals surface area contributed by atoms with E-state index in [0.29, 0.717) is 11.5 Å². The Morgan fingerprint density at radius 1 is 1.12 bits per heavy atom. The van der Waals surface area contributed by atoms with Crippen molar-refractivity contribution >= 4 is 5.97 Å². The van der Waals surface area contributed by atoms with Crippen LogP contribution in [0.1, 0.15) is 10.4 Å². The molecule has 0 saturated heterocycles. The molecule has 1 aromatic carbocycles. The van der Waals surface area contributed by atoms with Crippen LogP contribution in [0.2, 0.25) is 0 Å². The van der Waals surface area contributed by atoms with Gasteiger partial charge in [0.15, 0.2) is 0 Å². The van der Waals surface area contributed by atoms with Gasteiger partial charge in [-0.15, -0.1) is 0 Å². The van der Waals surface area contributed by atoms with Crippen LogP contribution in [-0.4, -0.2) is 16.1 Å². The molecule has 0 aliphatic heterocycles. The lowest BCUT2D eigenvalue weighted by molar-refractivity contribution is 0.0694. The fourth-order valence-corrected chi connectivity index (χ4v) is 1.27. The summed E-state index contributed by atoms with van der Waals surface area (Å²) in [6.07, 6.45) is 3.16. The number of carbonyl (C=O) groups is 1. The lowest BCUT2D eigenvalue weighted by atomic mass is 10.2. The van der Waals surface area contributed by atoms with E-state index in [1.54, 1.807) is 42.7 Å². The Morgan fingerprint density at radius 2 is 1.81 bits per heavy atom. The number of aromatic carboxylic acids is 1. The Balaban J connectivity index is 2.31. The molecule has 0 radical (unpaired) electrons. The first-order valence-electron chi connectivity index (χ1n) is 4.67. The average Bonchev–Trinajstić information content (AvgIpc) is 2.31. The first-order chi connectivity index (χ1) is 7.77. The minimum atomic E-state index is -1.01. The molecule has 80 valence electrons. The van der Waals surface area contributed by atoms with E-state index >= 15 is 0 Å². The highest BCUT2D eigenvalue weighted by atomic mass is 16.5. The molecule has 16 heavy (non-hydrogen) atoms. The number of ether oxygens (including phenoxy) is 1. The molecule has 0 amide bonds. The van der Waals surface area contributed by atoms with Crippen molar-refractivity contribution < 1.29 is 14.6 Å².